The predicted octanol–water partition coefficient (Wildman–Crippen LogP) is 4.50. The monoisotopic (exact) mass is 1480 g/mol. The maximum Gasteiger partial charge on any atom is 1.00 e. The standard InChI is InChI=1S/C21H22N6O2.C14H16N6O5S.C14H16N6O2.C14H17N5O2.C7H5N.Na/c28-21-26-13-19(27(21)29-15-16-5-2-1-3-6-16)9-8-18(26)12-25-14-20(23-24-25)17-7-4-10-22-11-17;21-14-19-8-12(20(14)25-26(22,23)24)4-3-11(19)7-18-9-13(16-17-18)10-2-1-5-15-6-10;21-14-19-8-12(20(14)22)4-3-11(19)7-18-9-13(16-17-18)10-2-1-5-15-6-10;15-17-16-8-12-6-7-13-9-18(12)14(20)19(13)21-10-11-4-2-1-3-5-11;1-2-7-4-3-5-8-6-7;/h1-7,10-11,14,18-19H,8-9,12-13,15H2;1-2,5-6,9,11-12H,3-4,7-8H2,(H,22,23,24);1-2,5-6,9,11-12,22H,3-4,7-8H2;1-5,12-13H,6-10H2;1,3-6H;/q;;;;;+1/p-1/t18-,19+;2*11-,12+;12-,13+;;/m0000../s1. The fraction of sp³-hybridized carbons (Fsp3) is 0.371. The number of hydrogen-bond acceptors (Lipinski definition) is 22. The van der Waals surface area contributed by atoms with Crippen molar-refractivity contribution in [1.82, 2.24) is 105 Å². The molecule has 7 aromatic heterocycles. The molecule has 2 aromatic carbocycles. The number of benzene rings is 2. The molecule has 37 heteroatoms. The molecule has 1 N–H and O–H groups in total. The average molecular weight is 1480 g/mol. The molecule has 17 rings (SSSR count). The normalized spacial score (nSPS) is 21.5. The minimum Gasteiger partial charge on any atom is -0.724 e. The molecule has 8 fully saturated rings. The van der Waals surface area contributed by atoms with Gasteiger partial charge in [-0.05, 0) is 117 Å². The Hall–Kier alpha value is -10.8. The Balaban J connectivity index is 0.000000129. The van der Waals surface area contributed by atoms with E-state index in [9.17, 15) is 37.4 Å². The van der Waals surface area contributed by atoms with Gasteiger partial charge in [0.2, 0.25) is 10.4 Å². The molecule has 9 aromatic rings. The molecule has 8 amide bonds. The molecule has 8 atom stereocenters. The van der Waals surface area contributed by atoms with Gasteiger partial charge in [0.05, 0.1) is 80.5 Å². The molecule has 8 aliphatic rings. The van der Waals surface area contributed by atoms with Crippen molar-refractivity contribution in [3.05, 3.63) is 204 Å². The van der Waals surface area contributed by atoms with Crippen LogP contribution in [0.3, 0.4) is 0 Å². The van der Waals surface area contributed by atoms with Gasteiger partial charge < -0.3 is 24.2 Å². The van der Waals surface area contributed by atoms with E-state index in [0.29, 0.717) is 89.2 Å². The fourth-order valence-electron chi connectivity index (χ4n) is 13.9. The van der Waals surface area contributed by atoms with Gasteiger partial charge in [-0.25, -0.2) is 46.7 Å². The van der Waals surface area contributed by atoms with Crippen molar-refractivity contribution in [2.45, 2.75) is 133 Å². The number of hydrogen-bond donors (Lipinski definition) is 1. The molecular formula is C70H75N24NaO11S. The largest absolute Gasteiger partial charge is 1.00 e. The van der Waals surface area contributed by atoms with E-state index in [1.165, 1.54) is 9.96 Å². The summed E-state index contributed by atoms with van der Waals surface area (Å²) in [5.41, 5.74) is 16.2. The van der Waals surface area contributed by atoms with Gasteiger partial charge in [0.15, 0.2) is 0 Å². The van der Waals surface area contributed by atoms with Gasteiger partial charge in [-0.2, -0.15) is 19.5 Å². The van der Waals surface area contributed by atoms with Crippen molar-refractivity contribution >= 4 is 34.5 Å². The van der Waals surface area contributed by atoms with Gasteiger partial charge in [-0.3, -0.25) is 34.8 Å². The maximum atomic E-state index is 12.9. The first-order chi connectivity index (χ1) is 51.6. The number of carbonyl (C=O) groups is 4. The van der Waals surface area contributed by atoms with E-state index in [0.717, 1.165) is 88.4 Å². The maximum absolute atomic E-state index is 12.9. The zero-order chi connectivity index (χ0) is 73.5. The number of fused-ring (bicyclic) bond motifs is 8. The molecule has 8 aliphatic heterocycles. The van der Waals surface area contributed by atoms with Crippen molar-refractivity contribution in [3.8, 4) is 46.1 Å². The number of aromatic nitrogens is 13. The fourth-order valence-corrected chi connectivity index (χ4v) is 14.3. The zero-order valence-electron chi connectivity index (χ0n) is 58.3. The van der Waals surface area contributed by atoms with Gasteiger partial charge >= 0.3 is 53.7 Å². The van der Waals surface area contributed by atoms with Crippen molar-refractivity contribution < 1.29 is 80.9 Å². The van der Waals surface area contributed by atoms with E-state index in [-0.39, 0.29) is 89.9 Å². The first kappa shape index (κ1) is 75.8. The van der Waals surface area contributed by atoms with E-state index >= 15 is 0 Å². The van der Waals surface area contributed by atoms with Crippen LogP contribution in [-0.2, 0) is 57.2 Å². The second kappa shape index (κ2) is 35.5. The number of nitrogens with zero attached hydrogens (tertiary/aromatic N) is 24. The van der Waals surface area contributed by atoms with Gasteiger partial charge in [0.25, 0.3) is 0 Å². The van der Waals surface area contributed by atoms with Gasteiger partial charge in [-0.15, -0.1) is 21.7 Å². The molecule has 35 nitrogen and oxygen atoms in total. The number of rotatable bonds is 19. The number of amides is 8. The minimum absolute atomic E-state index is 0. The minimum atomic E-state index is -4.99. The molecule has 8 bridgehead atoms. The molecule has 0 unspecified atom stereocenters. The zero-order valence-corrected chi connectivity index (χ0v) is 61.2. The number of hydroxylamine groups is 8. The molecule has 0 saturated carbocycles. The summed E-state index contributed by atoms with van der Waals surface area (Å²) in [6, 6.07) is 33.2. The second-order valence-electron chi connectivity index (χ2n) is 26.1. The topological polar surface area (TPSA) is 392 Å². The predicted molar refractivity (Wildman–Crippen MR) is 374 cm³/mol. The summed E-state index contributed by atoms with van der Waals surface area (Å²) in [6.07, 6.45) is 30.7. The number of terminal acetylenes is 1. The van der Waals surface area contributed by atoms with Crippen LogP contribution in [0.15, 0.2) is 182 Å². The summed E-state index contributed by atoms with van der Waals surface area (Å²) in [6.45, 7) is 4.98. The number of piperidine rings is 4. The average Bonchev–Trinajstić information content (AvgIpc) is 1.68. The van der Waals surface area contributed by atoms with E-state index in [2.05, 4.69) is 71.1 Å². The molecule has 0 aliphatic carbocycles. The van der Waals surface area contributed by atoms with Crippen LogP contribution in [0.1, 0.15) is 68.1 Å². The van der Waals surface area contributed by atoms with Gasteiger partial charge in [-0.1, -0.05) is 87.3 Å². The van der Waals surface area contributed by atoms with Crippen LogP contribution >= 0.6 is 0 Å². The Morgan fingerprint density at radius 2 is 0.879 bits per heavy atom. The SMILES string of the molecule is C#Cc1cccnc1.O=C1N(O)[C@@H]2CC[C@@H](Cn3cc(-c4cccnc4)nn3)N1C2.O=C1N2C[C@@H](CC[C@H]2Cn2cc(-c3cccnc3)nn2)N1OCc1ccccc1.O=C1N2C[C@@H](CC[C@H]2Cn2cc(-c3cccnc3)nn2)N1OS(=O)(=O)[O-].[N-]=[N+]=NC[C@@H]1CC[C@@H]2CN1C(=O)N2OCc1ccccc1.[Na+]. The molecule has 8 saturated heterocycles. The van der Waals surface area contributed by atoms with E-state index in [1.807, 2.05) is 125 Å². The number of pyridine rings is 4. The number of azide groups is 1. The first-order valence-electron chi connectivity index (χ1n) is 34.5. The number of carbonyl (C=O) groups excluding carboxylic acids is 4. The van der Waals surface area contributed by atoms with Crippen LogP contribution in [0.25, 0.3) is 44.2 Å². The van der Waals surface area contributed by atoms with Gasteiger partial charge in [0.1, 0.15) is 30.3 Å². The third kappa shape index (κ3) is 18.9. The van der Waals surface area contributed by atoms with E-state index < -0.39 is 22.5 Å². The summed E-state index contributed by atoms with van der Waals surface area (Å²) in [5.74, 6) is 2.46. The van der Waals surface area contributed by atoms with Crippen LogP contribution < -0.4 is 29.6 Å². The summed E-state index contributed by atoms with van der Waals surface area (Å²) in [7, 11) is -4.99. The number of urea groups is 4. The van der Waals surface area contributed by atoms with Crippen molar-refractivity contribution in [3.63, 3.8) is 0 Å². The third-order valence-electron chi connectivity index (χ3n) is 19.3. The van der Waals surface area contributed by atoms with Crippen LogP contribution in [-0.4, -0.2) is 228 Å². The summed E-state index contributed by atoms with van der Waals surface area (Å²) in [5, 5.41) is 42.9. The van der Waals surface area contributed by atoms with Crippen LogP contribution in [0.4, 0.5) is 19.2 Å². The molecule has 15 heterocycles. The van der Waals surface area contributed by atoms with Crippen LogP contribution in [0.5, 0.6) is 0 Å². The Morgan fingerprint density at radius 1 is 0.505 bits per heavy atom. The van der Waals surface area contributed by atoms with Crippen LogP contribution in [0, 0.1) is 12.3 Å². The Labute approximate surface area is 637 Å². The van der Waals surface area contributed by atoms with Gasteiger partial charge in [0, 0.05) is 116 Å². The smallest absolute Gasteiger partial charge is 0.724 e. The third-order valence-corrected chi connectivity index (χ3v) is 19.6. The quantitative estimate of drug-likeness (QED) is 0.0170. The summed E-state index contributed by atoms with van der Waals surface area (Å²) >= 11 is 0. The first-order valence-corrected chi connectivity index (χ1v) is 35.8. The molecule has 548 valence electrons. The van der Waals surface area contributed by atoms with Crippen molar-refractivity contribution in [2.75, 3.05) is 32.7 Å². The molecular weight excluding hydrogens is 1410 g/mol. The van der Waals surface area contributed by atoms with Crippen LogP contribution in [0.2, 0.25) is 0 Å². The molecule has 107 heavy (non-hydrogen) atoms. The Bertz CT molecular complexity index is 4650. The summed E-state index contributed by atoms with van der Waals surface area (Å²) in [4.78, 5) is 86.9. The van der Waals surface area contributed by atoms with E-state index in [4.69, 9.17) is 21.6 Å². The second-order valence-corrected chi connectivity index (χ2v) is 27.1. The Kier molecular flexibility index (Phi) is 25.2. The van der Waals surface area contributed by atoms with E-state index in [1.54, 1.807) is 86.1 Å². The summed E-state index contributed by atoms with van der Waals surface area (Å²) < 4.78 is 41.9. The van der Waals surface area contributed by atoms with Crippen molar-refractivity contribution in [2.24, 2.45) is 5.11 Å². The Morgan fingerprint density at radius 3 is 1.26 bits per heavy atom. The van der Waals surface area contributed by atoms with Crippen molar-refractivity contribution in [1.29, 1.82) is 0 Å². The molecule has 0 radical (unpaired) electrons. The molecule has 0 spiro atoms.